The summed E-state index contributed by atoms with van der Waals surface area (Å²) in [6.45, 7) is 2.68. The van der Waals surface area contributed by atoms with Crippen LogP contribution >= 0.6 is 23.1 Å². The monoisotopic (exact) mass is 464 g/mol. The maximum Gasteiger partial charge on any atom is 0.230 e. The summed E-state index contributed by atoms with van der Waals surface area (Å²) in [5.74, 6) is 1.70. The van der Waals surface area contributed by atoms with Crippen molar-refractivity contribution in [3.8, 4) is 22.8 Å². The number of ether oxygens (including phenoxy) is 1. The van der Waals surface area contributed by atoms with Crippen LogP contribution in [0.15, 0.2) is 71.2 Å². The van der Waals surface area contributed by atoms with Gasteiger partial charge in [-0.25, -0.2) is 0 Å². The molecule has 4 aromatic rings. The number of benzene rings is 2. The predicted octanol–water partition coefficient (Wildman–Crippen LogP) is 4.76. The number of aromatic nitrogens is 3. The molecule has 0 aliphatic heterocycles. The standard InChI is InChI=1S/C24H24N4O2S2/c1-17-8-10-19(11-9-17)28-23(18-5-3-6-20(15-18)30-2)26-27-24(28)32-16-22(29)25-13-12-21-7-4-14-31-21/h3-11,14-15H,12-13,16H2,1-2H3,(H,25,29). The van der Waals surface area contributed by atoms with Crippen LogP contribution in [0.4, 0.5) is 0 Å². The topological polar surface area (TPSA) is 69.0 Å². The van der Waals surface area contributed by atoms with E-state index in [0.29, 0.717) is 17.5 Å². The van der Waals surface area contributed by atoms with Crippen LogP contribution in [0.25, 0.3) is 17.1 Å². The summed E-state index contributed by atoms with van der Waals surface area (Å²) in [6.07, 6.45) is 0.841. The van der Waals surface area contributed by atoms with Crippen LogP contribution in [0.1, 0.15) is 10.4 Å². The second-order valence-corrected chi connectivity index (χ2v) is 9.15. The van der Waals surface area contributed by atoms with Crippen molar-refractivity contribution >= 4 is 29.0 Å². The zero-order chi connectivity index (χ0) is 22.3. The number of rotatable bonds is 9. The van der Waals surface area contributed by atoms with Gasteiger partial charge in [0.05, 0.1) is 12.9 Å². The van der Waals surface area contributed by atoms with Crippen molar-refractivity contribution in [2.45, 2.75) is 18.5 Å². The van der Waals surface area contributed by atoms with E-state index in [1.165, 1.54) is 22.2 Å². The summed E-state index contributed by atoms with van der Waals surface area (Å²) in [4.78, 5) is 13.7. The zero-order valence-corrected chi connectivity index (χ0v) is 19.6. The van der Waals surface area contributed by atoms with Crippen LogP contribution in [0.5, 0.6) is 5.75 Å². The van der Waals surface area contributed by atoms with E-state index in [-0.39, 0.29) is 11.7 Å². The fourth-order valence-electron chi connectivity index (χ4n) is 3.20. The number of thioether (sulfide) groups is 1. The zero-order valence-electron chi connectivity index (χ0n) is 17.9. The Kier molecular flexibility index (Phi) is 7.24. The summed E-state index contributed by atoms with van der Waals surface area (Å²) >= 11 is 3.08. The summed E-state index contributed by atoms with van der Waals surface area (Å²) in [5, 5.41) is 14.5. The Morgan fingerprint density at radius 3 is 2.72 bits per heavy atom. The molecule has 0 fully saturated rings. The van der Waals surface area contributed by atoms with Gasteiger partial charge in [-0.05, 0) is 49.1 Å². The molecule has 2 aromatic carbocycles. The van der Waals surface area contributed by atoms with Gasteiger partial charge in [-0.1, -0.05) is 47.7 Å². The second kappa shape index (κ2) is 10.5. The van der Waals surface area contributed by atoms with Crippen molar-refractivity contribution in [3.05, 3.63) is 76.5 Å². The van der Waals surface area contributed by atoms with Crippen LogP contribution in [-0.4, -0.2) is 40.1 Å². The SMILES string of the molecule is COc1cccc(-c2nnc(SCC(=O)NCCc3cccs3)n2-c2ccc(C)cc2)c1. The molecule has 164 valence electrons. The molecular formula is C24H24N4O2S2. The van der Waals surface area contributed by atoms with Gasteiger partial charge in [0, 0.05) is 22.7 Å². The van der Waals surface area contributed by atoms with Crippen LogP contribution in [0, 0.1) is 6.92 Å². The van der Waals surface area contributed by atoms with Crippen molar-refractivity contribution in [1.29, 1.82) is 0 Å². The highest BCUT2D eigenvalue weighted by molar-refractivity contribution is 7.99. The first-order valence-electron chi connectivity index (χ1n) is 10.2. The minimum atomic E-state index is -0.0204. The number of carbonyl (C=O) groups is 1. The molecule has 0 radical (unpaired) electrons. The number of thiophene rings is 1. The average Bonchev–Trinajstić information content (AvgIpc) is 3.48. The van der Waals surface area contributed by atoms with E-state index in [9.17, 15) is 4.79 Å². The highest BCUT2D eigenvalue weighted by Crippen LogP contribution is 2.29. The van der Waals surface area contributed by atoms with Crippen molar-refractivity contribution < 1.29 is 9.53 Å². The van der Waals surface area contributed by atoms with Crippen LogP contribution < -0.4 is 10.1 Å². The van der Waals surface area contributed by atoms with Gasteiger partial charge in [0.2, 0.25) is 5.91 Å². The molecule has 6 nitrogen and oxygen atoms in total. The number of aryl methyl sites for hydroxylation is 1. The molecule has 4 rings (SSSR count). The minimum Gasteiger partial charge on any atom is -0.497 e. The third-order valence-electron chi connectivity index (χ3n) is 4.86. The third-order valence-corrected chi connectivity index (χ3v) is 6.72. The first-order chi connectivity index (χ1) is 15.6. The van der Waals surface area contributed by atoms with Gasteiger partial charge in [0.15, 0.2) is 11.0 Å². The van der Waals surface area contributed by atoms with E-state index < -0.39 is 0 Å². The van der Waals surface area contributed by atoms with Crippen LogP contribution in [0.3, 0.4) is 0 Å². The molecule has 0 bridgehead atoms. The lowest BCUT2D eigenvalue weighted by Gasteiger charge is -2.11. The highest BCUT2D eigenvalue weighted by Gasteiger charge is 2.17. The minimum absolute atomic E-state index is 0.0204. The van der Waals surface area contributed by atoms with Gasteiger partial charge in [0.1, 0.15) is 5.75 Å². The first-order valence-corrected chi connectivity index (χ1v) is 12.1. The molecule has 0 spiro atoms. The third kappa shape index (κ3) is 5.38. The van der Waals surface area contributed by atoms with Gasteiger partial charge < -0.3 is 10.1 Å². The van der Waals surface area contributed by atoms with Crippen LogP contribution in [0.2, 0.25) is 0 Å². The highest BCUT2D eigenvalue weighted by atomic mass is 32.2. The molecule has 0 unspecified atom stereocenters. The molecule has 0 atom stereocenters. The maximum atomic E-state index is 12.4. The number of methoxy groups -OCH3 is 1. The van der Waals surface area contributed by atoms with E-state index in [1.807, 2.05) is 52.4 Å². The smallest absolute Gasteiger partial charge is 0.230 e. The predicted molar refractivity (Wildman–Crippen MR) is 130 cm³/mol. The van der Waals surface area contributed by atoms with E-state index >= 15 is 0 Å². The lowest BCUT2D eigenvalue weighted by atomic mass is 10.2. The average molecular weight is 465 g/mol. The number of carbonyl (C=O) groups excluding carboxylic acids is 1. The normalized spacial score (nSPS) is 10.8. The van der Waals surface area contributed by atoms with Crippen molar-refractivity contribution in [2.24, 2.45) is 0 Å². The van der Waals surface area contributed by atoms with Gasteiger partial charge in [-0.3, -0.25) is 9.36 Å². The molecule has 0 saturated heterocycles. The molecule has 2 heterocycles. The van der Waals surface area contributed by atoms with Crippen LogP contribution in [-0.2, 0) is 11.2 Å². The van der Waals surface area contributed by atoms with Gasteiger partial charge in [0.25, 0.3) is 0 Å². The van der Waals surface area contributed by atoms with Crippen molar-refractivity contribution in [1.82, 2.24) is 20.1 Å². The van der Waals surface area contributed by atoms with E-state index in [1.54, 1.807) is 18.4 Å². The fraction of sp³-hybridized carbons (Fsp3) is 0.208. The molecule has 1 amide bonds. The molecule has 0 aliphatic carbocycles. The van der Waals surface area contributed by atoms with Crippen molar-refractivity contribution in [3.63, 3.8) is 0 Å². The fourth-order valence-corrected chi connectivity index (χ4v) is 4.69. The summed E-state index contributed by atoms with van der Waals surface area (Å²) in [6, 6.07) is 20.0. The van der Waals surface area contributed by atoms with E-state index in [2.05, 4.69) is 40.6 Å². The lowest BCUT2D eigenvalue weighted by Crippen LogP contribution is -2.27. The Labute approximate surface area is 195 Å². The molecule has 2 aromatic heterocycles. The van der Waals surface area contributed by atoms with Gasteiger partial charge >= 0.3 is 0 Å². The van der Waals surface area contributed by atoms with Gasteiger partial charge in [-0.15, -0.1) is 21.5 Å². The first kappa shape index (κ1) is 22.1. The number of nitrogens with zero attached hydrogens (tertiary/aromatic N) is 3. The molecule has 0 saturated carbocycles. The largest absolute Gasteiger partial charge is 0.497 e. The van der Waals surface area contributed by atoms with E-state index in [4.69, 9.17) is 4.74 Å². The Hall–Kier alpha value is -3.10. The van der Waals surface area contributed by atoms with Crippen molar-refractivity contribution in [2.75, 3.05) is 19.4 Å². The molecular weight excluding hydrogens is 440 g/mol. The second-order valence-electron chi connectivity index (χ2n) is 7.18. The molecule has 1 N–H and O–H groups in total. The van der Waals surface area contributed by atoms with Gasteiger partial charge in [-0.2, -0.15) is 0 Å². The summed E-state index contributed by atoms with van der Waals surface area (Å²) in [5.41, 5.74) is 3.01. The molecule has 32 heavy (non-hydrogen) atoms. The Bertz CT molecular complexity index is 1170. The number of amides is 1. The number of hydrogen-bond acceptors (Lipinski definition) is 6. The Morgan fingerprint density at radius 1 is 1.12 bits per heavy atom. The summed E-state index contributed by atoms with van der Waals surface area (Å²) < 4.78 is 7.36. The molecule has 8 heteroatoms. The Balaban J connectivity index is 1.53. The molecule has 0 aliphatic rings. The number of hydrogen-bond donors (Lipinski definition) is 1. The summed E-state index contributed by atoms with van der Waals surface area (Å²) in [7, 11) is 1.64. The Morgan fingerprint density at radius 2 is 1.97 bits per heavy atom. The quantitative estimate of drug-likeness (QED) is 0.362. The lowest BCUT2D eigenvalue weighted by molar-refractivity contribution is -0.118. The van der Waals surface area contributed by atoms with E-state index in [0.717, 1.165) is 23.4 Å². The maximum absolute atomic E-state index is 12.4. The number of nitrogens with one attached hydrogen (secondary N) is 1.